The highest BCUT2D eigenvalue weighted by Crippen LogP contribution is 2.29. The molecule has 1 saturated carbocycles. The molecule has 1 fully saturated rings. The second kappa shape index (κ2) is 9.41. The van der Waals surface area contributed by atoms with E-state index in [0.29, 0.717) is 0 Å². The fourth-order valence-electron chi connectivity index (χ4n) is 3.65. The van der Waals surface area contributed by atoms with Gasteiger partial charge in [-0.3, -0.25) is 4.99 Å². The van der Waals surface area contributed by atoms with Gasteiger partial charge < -0.3 is 5.32 Å². The Balaban J connectivity index is 2.05. The maximum Gasteiger partial charge on any atom is 0.0394 e. The highest BCUT2D eigenvalue weighted by molar-refractivity contribution is 6.23. The average molecular weight is 337 g/mol. The van der Waals surface area contributed by atoms with Crippen LogP contribution >= 0.6 is 0 Å². The van der Waals surface area contributed by atoms with Crippen molar-refractivity contribution in [3.05, 3.63) is 60.3 Å². The van der Waals surface area contributed by atoms with Crippen molar-refractivity contribution in [2.45, 2.75) is 52.4 Å². The SMILES string of the molecule is C=C/C(C)=C(\C(C)=N\C)c1ccc(NC(=C)CC2CCCCC2)cc1. The van der Waals surface area contributed by atoms with Crippen molar-refractivity contribution in [1.29, 1.82) is 0 Å². The highest BCUT2D eigenvalue weighted by atomic mass is 14.9. The van der Waals surface area contributed by atoms with E-state index in [2.05, 4.69) is 54.7 Å². The van der Waals surface area contributed by atoms with Crippen LogP contribution in [0.25, 0.3) is 5.57 Å². The lowest BCUT2D eigenvalue weighted by atomic mass is 9.86. The third kappa shape index (κ3) is 5.45. The summed E-state index contributed by atoms with van der Waals surface area (Å²) in [5, 5.41) is 3.48. The Labute approximate surface area is 153 Å². The Kier molecular flexibility index (Phi) is 7.24. The van der Waals surface area contributed by atoms with Gasteiger partial charge in [0.25, 0.3) is 0 Å². The summed E-state index contributed by atoms with van der Waals surface area (Å²) in [6.07, 6.45) is 9.84. The molecule has 1 aromatic rings. The molecule has 2 heteroatoms. The van der Waals surface area contributed by atoms with Gasteiger partial charge in [0, 0.05) is 29.7 Å². The number of hydrogen-bond acceptors (Lipinski definition) is 2. The van der Waals surface area contributed by atoms with Crippen LogP contribution in [0, 0.1) is 5.92 Å². The van der Waals surface area contributed by atoms with Crippen LogP contribution in [-0.2, 0) is 0 Å². The van der Waals surface area contributed by atoms with Gasteiger partial charge in [-0.1, -0.05) is 63.5 Å². The molecule has 1 aliphatic carbocycles. The zero-order chi connectivity index (χ0) is 18.2. The molecule has 0 bridgehead atoms. The van der Waals surface area contributed by atoms with E-state index < -0.39 is 0 Å². The maximum absolute atomic E-state index is 4.35. The quantitative estimate of drug-likeness (QED) is 0.438. The van der Waals surface area contributed by atoms with Crippen LogP contribution in [0.2, 0.25) is 0 Å². The Bertz CT molecular complexity index is 656. The maximum atomic E-state index is 4.35. The van der Waals surface area contributed by atoms with E-state index in [4.69, 9.17) is 0 Å². The van der Waals surface area contributed by atoms with Crippen LogP contribution in [0.3, 0.4) is 0 Å². The summed E-state index contributed by atoms with van der Waals surface area (Å²) in [5.74, 6) is 0.807. The Hall–Kier alpha value is -2.09. The molecule has 0 unspecified atom stereocenters. The van der Waals surface area contributed by atoms with Crippen LogP contribution in [0.4, 0.5) is 5.69 Å². The topological polar surface area (TPSA) is 24.4 Å². The predicted octanol–water partition coefficient (Wildman–Crippen LogP) is 6.63. The van der Waals surface area contributed by atoms with Crippen molar-refractivity contribution in [3.63, 3.8) is 0 Å². The van der Waals surface area contributed by atoms with E-state index in [1.54, 1.807) is 0 Å². The number of aliphatic imine (C=N–C) groups is 1. The lowest BCUT2D eigenvalue weighted by molar-refractivity contribution is 0.357. The van der Waals surface area contributed by atoms with Gasteiger partial charge in [0.2, 0.25) is 0 Å². The Morgan fingerprint density at radius 1 is 1.16 bits per heavy atom. The zero-order valence-electron chi connectivity index (χ0n) is 16.1. The number of anilines is 1. The van der Waals surface area contributed by atoms with Gasteiger partial charge in [0.15, 0.2) is 0 Å². The molecule has 0 radical (unpaired) electrons. The van der Waals surface area contributed by atoms with Crippen molar-refractivity contribution >= 4 is 17.0 Å². The van der Waals surface area contributed by atoms with Gasteiger partial charge in [-0.15, -0.1) is 0 Å². The van der Waals surface area contributed by atoms with Crippen molar-refractivity contribution in [3.8, 4) is 0 Å². The van der Waals surface area contributed by atoms with Gasteiger partial charge >= 0.3 is 0 Å². The third-order valence-corrected chi connectivity index (χ3v) is 5.15. The van der Waals surface area contributed by atoms with E-state index in [9.17, 15) is 0 Å². The molecule has 0 atom stereocenters. The lowest BCUT2D eigenvalue weighted by Gasteiger charge is -2.23. The summed E-state index contributed by atoms with van der Waals surface area (Å²) >= 11 is 0. The van der Waals surface area contributed by atoms with Crippen LogP contribution in [0.5, 0.6) is 0 Å². The van der Waals surface area contributed by atoms with Gasteiger partial charge in [-0.2, -0.15) is 0 Å². The summed E-state index contributed by atoms with van der Waals surface area (Å²) in [6, 6.07) is 8.54. The zero-order valence-corrected chi connectivity index (χ0v) is 16.1. The summed E-state index contributed by atoms with van der Waals surface area (Å²) in [6.45, 7) is 12.3. The molecule has 0 spiro atoms. The molecule has 1 N–H and O–H groups in total. The summed E-state index contributed by atoms with van der Waals surface area (Å²) < 4.78 is 0. The molecule has 0 aliphatic heterocycles. The van der Waals surface area contributed by atoms with Crippen LogP contribution in [0.15, 0.2) is 59.8 Å². The van der Waals surface area contributed by atoms with E-state index in [1.807, 2.05) is 20.0 Å². The minimum Gasteiger partial charge on any atom is -0.359 e. The van der Waals surface area contributed by atoms with E-state index in [-0.39, 0.29) is 0 Å². The fourth-order valence-corrected chi connectivity index (χ4v) is 3.65. The van der Waals surface area contributed by atoms with Crippen molar-refractivity contribution in [2.75, 3.05) is 12.4 Å². The van der Waals surface area contributed by atoms with Crippen LogP contribution in [0.1, 0.15) is 57.9 Å². The second-order valence-electron chi connectivity index (χ2n) is 7.09. The van der Waals surface area contributed by atoms with Crippen LogP contribution < -0.4 is 5.32 Å². The molecule has 25 heavy (non-hydrogen) atoms. The Morgan fingerprint density at radius 2 is 1.80 bits per heavy atom. The number of allylic oxidation sites excluding steroid dienone is 4. The van der Waals surface area contributed by atoms with Crippen LogP contribution in [-0.4, -0.2) is 12.8 Å². The standard InChI is InChI=1S/C23H32N2/c1-6-17(2)23(19(4)24-5)21-12-14-22(15-13-21)25-18(3)16-20-10-8-7-9-11-20/h6,12-15,20,25H,1,3,7-11,16H2,2,4-5H3/b23-17+,24-19+. The minimum atomic E-state index is 0.807. The van der Waals surface area contributed by atoms with Gasteiger partial charge in [0.1, 0.15) is 0 Å². The first-order chi connectivity index (χ1) is 12.0. The minimum absolute atomic E-state index is 0.807. The lowest BCUT2D eigenvalue weighted by Crippen LogP contribution is -2.10. The first kappa shape index (κ1) is 19.2. The number of benzene rings is 1. The van der Waals surface area contributed by atoms with E-state index in [0.717, 1.165) is 40.6 Å². The summed E-state index contributed by atoms with van der Waals surface area (Å²) in [5.41, 5.74) is 6.73. The van der Waals surface area contributed by atoms with Gasteiger partial charge in [0.05, 0.1) is 0 Å². The third-order valence-electron chi connectivity index (χ3n) is 5.15. The average Bonchev–Trinajstić information content (AvgIpc) is 2.63. The largest absolute Gasteiger partial charge is 0.359 e. The second-order valence-corrected chi connectivity index (χ2v) is 7.09. The molecule has 1 aromatic carbocycles. The van der Waals surface area contributed by atoms with E-state index >= 15 is 0 Å². The molecule has 0 saturated heterocycles. The molecule has 0 aromatic heterocycles. The van der Waals surface area contributed by atoms with Gasteiger partial charge in [-0.05, 0) is 49.5 Å². The summed E-state index contributed by atoms with van der Waals surface area (Å²) in [7, 11) is 1.83. The van der Waals surface area contributed by atoms with E-state index in [1.165, 1.54) is 37.7 Å². The molecule has 1 aliphatic rings. The number of rotatable bonds is 7. The molecular weight excluding hydrogens is 304 g/mol. The number of nitrogens with one attached hydrogen (secondary N) is 1. The highest BCUT2D eigenvalue weighted by Gasteiger charge is 2.14. The normalized spacial score (nSPS) is 17.0. The van der Waals surface area contributed by atoms with Crippen molar-refractivity contribution in [1.82, 2.24) is 0 Å². The van der Waals surface area contributed by atoms with Crippen molar-refractivity contribution < 1.29 is 0 Å². The van der Waals surface area contributed by atoms with Crippen molar-refractivity contribution in [2.24, 2.45) is 10.9 Å². The molecule has 0 heterocycles. The molecule has 2 rings (SSSR count). The number of hydrogen-bond donors (Lipinski definition) is 1. The molecule has 134 valence electrons. The first-order valence-electron chi connectivity index (χ1n) is 9.37. The number of nitrogens with zero attached hydrogens (tertiary/aromatic N) is 1. The first-order valence-corrected chi connectivity index (χ1v) is 9.37. The molecule has 2 nitrogen and oxygen atoms in total. The smallest absolute Gasteiger partial charge is 0.0394 e. The molecule has 0 amide bonds. The monoisotopic (exact) mass is 336 g/mol. The van der Waals surface area contributed by atoms with Gasteiger partial charge in [-0.25, -0.2) is 0 Å². The Morgan fingerprint density at radius 3 is 2.36 bits per heavy atom. The summed E-state index contributed by atoms with van der Waals surface area (Å²) in [4.78, 5) is 4.35. The predicted molar refractivity (Wildman–Crippen MR) is 112 cm³/mol. The molecular formula is C23H32N2. The fraction of sp³-hybridized carbons (Fsp3) is 0.435.